The highest BCUT2D eigenvalue weighted by molar-refractivity contribution is 8.18. The number of thioether (sulfide) groups is 1. The van der Waals surface area contributed by atoms with E-state index in [1.165, 1.54) is 17.3 Å². The van der Waals surface area contributed by atoms with Crippen LogP contribution in [0.1, 0.15) is 24.5 Å². The summed E-state index contributed by atoms with van der Waals surface area (Å²) in [5, 5.41) is 3.39. The molecule has 140 valence electrons. The van der Waals surface area contributed by atoms with Crippen LogP contribution in [0.2, 0.25) is 0 Å². The third-order valence-corrected chi connectivity index (χ3v) is 4.97. The van der Waals surface area contributed by atoms with Gasteiger partial charge in [-0.25, -0.2) is 4.99 Å². The molecule has 3 rings (SSSR count). The highest BCUT2D eigenvalue weighted by atomic mass is 32.2. The number of benzene rings is 2. The van der Waals surface area contributed by atoms with Crippen molar-refractivity contribution in [1.82, 2.24) is 5.32 Å². The normalized spacial score (nSPS) is 16.6. The molecule has 0 aromatic heterocycles. The smallest absolute Gasteiger partial charge is 0.264 e. The molecule has 1 amide bonds. The number of amidine groups is 1. The lowest BCUT2D eigenvalue weighted by Gasteiger charge is -2.07. The second-order valence-corrected chi connectivity index (χ2v) is 7.04. The van der Waals surface area contributed by atoms with Crippen LogP contribution in [0.3, 0.4) is 0 Å². The third-order valence-electron chi connectivity index (χ3n) is 4.06. The summed E-state index contributed by atoms with van der Waals surface area (Å²) in [5.41, 5.74) is 2.97. The summed E-state index contributed by atoms with van der Waals surface area (Å²) in [4.78, 5) is 17.4. The van der Waals surface area contributed by atoms with Gasteiger partial charge in [-0.1, -0.05) is 31.5 Å². The minimum atomic E-state index is -0.156. The Morgan fingerprint density at radius 3 is 2.48 bits per heavy atom. The predicted molar refractivity (Wildman–Crippen MR) is 111 cm³/mol. The molecule has 1 saturated heterocycles. The fourth-order valence-electron chi connectivity index (χ4n) is 2.72. The zero-order valence-corrected chi connectivity index (χ0v) is 16.4. The first-order chi connectivity index (χ1) is 13.1. The van der Waals surface area contributed by atoms with E-state index >= 15 is 0 Å². The van der Waals surface area contributed by atoms with Gasteiger partial charge in [-0.05, 0) is 59.7 Å². The summed E-state index contributed by atoms with van der Waals surface area (Å²) in [7, 11) is 3.18. The van der Waals surface area contributed by atoms with E-state index in [0.717, 1.165) is 24.1 Å². The molecule has 1 fully saturated rings. The van der Waals surface area contributed by atoms with E-state index in [2.05, 4.69) is 29.4 Å². The third kappa shape index (κ3) is 4.71. The molecule has 0 bridgehead atoms. The molecule has 2 aromatic rings. The number of amides is 1. The Morgan fingerprint density at radius 2 is 1.81 bits per heavy atom. The minimum absolute atomic E-state index is 0.156. The number of carbonyl (C=O) groups is 1. The summed E-state index contributed by atoms with van der Waals surface area (Å²) in [6, 6.07) is 13.6. The summed E-state index contributed by atoms with van der Waals surface area (Å²) < 4.78 is 10.5. The molecular formula is C21H22N2O3S. The quantitative estimate of drug-likeness (QED) is 0.745. The first-order valence-electron chi connectivity index (χ1n) is 8.73. The lowest BCUT2D eigenvalue weighted by atomic mass is 10.1. The fourth-order valence-corrected chi connectivity index (χ4v) is 3.56. The molecule has 1 aliphatic rings. The monoisotopic (exact) mass is 382 g/mol. The van der Waals surface area contributed by atoms with Crippen molar-refractivity contribution < 1.29 is 14.3 Å². The lowest BCUT2D eigenvalue weighted by Crippen LogP contribution is -2.19. The Kier molecular flexibility index (Phi) is 6.19. The number of methoxy groups -OCH3 is 2. The fraction of sp³-hybridized carbons (Fsp3) is 0.238. The molecule has 1 aliphatic heterocycles. The van der Waals surface area contributed by atoms with Crippen molar-refractivity contribution in [1.29, 1.82) is 0 Å². The molecule has 2 aromatic carbocycles. The van der Waals surface area contributed by atoms with Crippen molar-refractivity contribution in [3.05, 3.63) is 58.5 Å². The van der Waals surface area contributed by atoms with Crippen LogP contribution in [0.4, 0.5) is 5.69 Å². The van der Waals surface area contributed by atoms with Crippen LogP contribution in [0, 0.1) is 0 Å². The Balaban J connectivity index is 1.77. The van der Waals surface area contributed by atoms with Crippen molar-refractivity contribution in [3.8, 4) is 11.5 Å². The van der Waals surface area contributed by atoms with Gasteiger partial charge in [0.15, 0.2) is 16.7 Å². The number of aliphatic imine (C=N–C) groups is 1. The summed E-state index contributed by atoms with van der Waals surface area (Å²) >= 11 is 1.32. The highest BCUT2D eigenvalue weighted by Gasteiger charge is 2.24. The van der Waals surface area contributed by atoms with E-state index < -0.39 is 0 Å². The molecule has 0 unspecified atom stereocenters. The number of nitrogens with one attached hydrogen (secondary N) is 1. The first kappa shape index (κ1) is 19.0. The average molecular weight is 382 g/mol. The van der Waals surface area contributed by atoms with E-state index in [1.807, 2.05) is 36.4 Å². The lowest BCUT2D eigenvalue weighted by molar-refractivity contribution is -0.115. The maximum Gasteiger partial charge on any atom is 0.264 e. The van der Waals surface area contributed by atoms with Gasteiger partial charge < -0.3 is 14.8 Å². The molecule has 0 radical (unpaired) electrons. The van der Waals surface area contributed by atoms with Crippen LogP contribution in [-0.2, 0) is 11.2 Å². The Labute approximate surface area is 163 Å². The molecule has 0 saturated carbocycles. The van der Waals surface area contributed by atoms with Crippen molar-refractivity contribution in [2.45, 2.75) is 19.8 Å². The van der Waals surface area contributed by atoms with E-state index in [1.54, 1.807) is 14.2 Å². The van der Waals surface area contributed by atoms with Crippen LogP contribution in [0.15, 0.2) is 52.4 Å². The average Bonchev–Trinajstić information content (AvgIpc) is 3.02. The topological polar surface area (TPSA) is 59.9 Å². The van der Waals surface area contributed by atoms with E-state index in [9.17, 15) is 4.79 Å². The van der Waals surface area contributed by atoms with Gasteiger partial charge in [-0.3, -0.25) is 4.79 Å². The van der Waals surface area contributed by atoms with Crippen LogP contribution in [0.5, 0.6) is 11.5 Å². The van der Waals surface area contributed by atoms with Gasteiger partial charge in [0.05, 0.1) is 24.8 Å². The number of ether oxygens (including phenoxy) is 2. The van der Waals surface area contributed by atoms with Crippen molar-refractivity contribution in [2.75, 3.05) is 14.2 Å². The van der Waals surface area contributed by atoms with Gasteiger partial charge in [0.25, 0.3) is 5.91 Å². The molecule has 6 heteroatoms. The summed E-state index contributed by atoms with van der Waals surface area (Å²) in [6.07, 6.45) is 3.99. The first-order valence-corrected chi connectivity index (χ1v) is 9.55. The number of carbonyl (C=O) groups excluding carboxylic acids is 1. The highest BCUT2D eigenvalue weighted by Crippen LogP contribution is 2.32. The zero-order chi connectivity index (χ0) is 19.2. The van der Waals surface area contributed by atoms with E-state index in [-0.39, 0.29) is 5.91 Å². The van der Waals surface area contributed by atoms with Gasteiger partial charge >= 0.3 is 0 Å². The van der Waals surface area contributed by atoms with Crippen LogP contribution in [0.25, 0.3) is 6.08 Å². The minimum Gasteiger partial charge on any atom is -0.493 e. The second kappa shape index (κ2) is 8.77. The SMILES string of the molecule is CCCc1ccc(N=C2NC(=O)C(=Cc3ccc(OC)c(OC)c3)S2)cc1. The molecule has 1 N–H and O–H groups in total. The van der Waals surface area contributed by atoms with Crippen LogP contribution in [-0.4, -0.2) is 25.3 Å². The Hall–Kier alpha value is -2.73. The number of hydrogen-bond acceptors (Lipinski definition) is 5. The number of hydrogen-bond donors (Lipinski definition) is 1. The standard InChI is InChI=1S/C21H22N2O3S/c1-4-5-14-6-9-16(10-7-14)22-21-23-20(24)19(27-21)13-15-8-11-17(25-2)18(12-15)26-3/h6-13H,4-5H2,1-3H3,(H,22,23,24). The van der Waals surface area contributed by atoms with Gasteiger partial charge in [-0.2, -0.15) is 0 Å². The predicted octanol–water partition coefficient (Wildman–Crippen LogP) is 4.55. The largest absolute Gasteiger partial charge is 0.493 e. The molecule has 0 atom stereocenters. The second-order valence-electron chi connectivity index (χ2n) is 6.01. The number of rotatable bonds is 6. The van der Waals surface area contributed by atoms with Crippen molar-refractivity contribution in [3.63, 3.8) is 0 Å². The maximum absolute atomic E-state index is 12.3. The van der Waals surface area contributed by atoms with Gasteiger partial charge in [0, 0.05) is 0 Å². The maximum atomic E-state index is 12.3. The van der Waals surface area contributed by atoms with Gasteiger partial charge in [-0.15, -0.1) is 0 Å². The van der Waals surface area contributed by atoms with Crippen molar-refractivity contribution >= 4 is 34.6 Å². The van der Waals surface area contributed by atoms with E-state index in [4.69, 9.17) is 9.47 Å². The molecule has 0 spiro atoms. The molecular weight excluding hydrogens is 360 g/mol. The van der Waals surface area contributed by atoms with Crippen LogP contribution >= 0.6 is 11.8 Å². The number of nitrogens with zero attached hydrogens (tertiary/aromatic N) is 1. The van der Waals surface area contributed by atoms with E-state index in [0.29, 0.717) is 21.6 Å². The molecule has 0 aliphatic carbocycles. The zero-order valence-electron chi connectivity index (χ0n) is 15.6. The van der Waals surface area contributed by atoms with Gasteiger partial charge in [0.1, 0.15) is 0 Å². The van der Waals surface area contributed by atoms with Gasteiger partial charge in [0.2, 0.25) is 0 Å². The Bertz CT molecular complexity index is 889. The molecule has 5 nitrogen and oxygen atoms in total. The summed E-state index contributed by atoms with van der Waals surface area (Å²) in [5.74, 6) is 1.12. The van der Waals surface area contributed by atoms with Crippen LogP contribution < -0.4 is 14.8 Å². The summed E-state index contributed by atoms with van der Waals surface area (Å²) in [6.45, 7) is 2.16. The van der Waals surface area contributed by atoms with Crippen molar-refractivity contribution in [2.24, 2.45) is 4.99 Å². The molecule has 1 heterocycles. The number of aryl methyl sites for hydroxylation is 1. The Morgan fingerprint density at radius 1 is 1.07 bits per heavy atom. The molecule has 27 heavy (non-hydrogen) atoms.